The lowest BCUT2D eigenvalue weighted by atomic mass is 9.96. The van der Waals surface area contributed by atoms with E-state index >= 15 is 0 Å². The Hall–Kier alpha value is -2.95. The van der Waals surface area contributed by atoms with Crippen molar-refractivity contribution in [2.75, 3.05) is 5.32 Å². The lowest BCUT2D eigenvalue weighted by Gasteiger charge is -2.22. The standard InChI is InChI=1S/C27H31N5O3S2/c1-3-24(36-27-30-29-25-17-18(2)22-11-7-8-12-23(22)32(25)27)26(33)28-19-13-15-21(16-14-19)37(34,35)31-20-9-5-4-6-10-20/h7-8,11-17,20,24,31H,3-6,9-10H2,1-2H3,(H,28,33). The molecule has 10 heteroatoms. The Balaban J connectivity index is 1.30. The van der Waals surface area contributed by atoms with Crippen LogP contribution in [0.5, 0.6) is 0 Å². The first kappa shape index (κ1) is 25.7. The number of carbonyl (C=O) groups is 1. The number of carbonyl (C=O) groups excluding carboxylic acids is 1. The number of para-hydroxylation sites is 1. The topological polar surface area (TPSA) is 105 Å². The van der Waals surface area contributed by atoms with E-state index in [1.165, 1.54) is 23.9 Å². The number of pyridine rings is 1. The maximum atomic E-state index is 13.1. The van der Waals surface area contributed by atoms with Crippen LogP contribution in [-0.2, 0) is 14.8 Å². The van der Waals surface area contributed by atoms with Gasteiger partial charge in [0.25, 0.3) is 0 Å². The van der Waals surface area contributed by atoms with E-state index in [0.717, 1.165) is 54.2 Å². The molecule has 0 aliphatic heterocycles. The van der Waals surface area contributed by atoms with Crippen molar-refractivity contribution in [1.82, 2.24) is 19.3 Å². The van der Waals surface area contributed by atoms with E-state index in [1.807, 2.05) is 35.6 Å². The third-order valence-electron chi connectivity index (χ3n) is 6.84. The van der Waals surface area contributed by atoms with E-state index in [1.54, 1.807) is 12.1 Å². The first-order valence-electron chi connectivity index (χ1n) is 12.7. The second-order valence-corrected chi connectivity index (χ2v) is 12.4. The fourth-order valence-electron chi connectivity index (χ4n) is 4.85. The molecule has 1 fully saturated rings. The molecule has 0 bridgehead atoms. The van der Waals surface area contributed by atoms with Gasteiger partial charge in [0.1, 0.15) is 0 Å². The Morgan fingerprint density at radius 2 is 1.81 bits per heavy atom. The summed E-state index contributed by atoms with van der Waals surface area (Å²) in [6, 6.07) is 16.4. The number of anilines is 1. The summed E-state index contributed by atoms with van der Waals surface area (Å²) in [4.78, 5) is 13.4. The van der Waals surface area contributed by atoms with Gasteiger partial charge in [-0.15, -0.1) is 10.2 Å². The lowest BCUT2D eigenvalue weighted by Crippen LogP contribution is -2.36. The molecule has 2 aromatic heterocycles. The van der Waals surface area contributed by atoms with Gasteiger partial charge in [0.05, 0.1) is 15.7 Å². The maximum absolute atomic E-state index is 13.1. The van der Waals surface area contributed by atoms with Crippen molar-refractivity contribution in [3.05, 3.63) is 60.2 Å². The molecule has 0 radical (unpaired) electrons. The number of benzene rings is 2. The summed E-state index contributed by atoms with van der Waals surface area (Å²) in [6.45, 7) is 4.00. The van der Waals surface area contributed by atoms with Crippen molar-refractivity contribution in [1.29, 1.82) is 0 Å². The summed E-state index contributed by atoms with van der Waals surface area (Å²) in [5.41, 5.74) is 3.41. The normalized spacial score (nSPS) is 15.7. The number of amides is 1. The first-order valence-corrected chi connectivity index (χ1v) is 15.1. The summed E-state index contributed by atoms with van der Waals surface area (Å²) in [5.74, 6) is -0.170. The highest BCUT2D eigenvalue weighted by Crippen LogP contribution is 2.30. The molecule has 8 nitrogen and oxygen atoms in total. The van der Waals surface area contributed by atoms with Crippen LogP contribution >= 0.6 is 11.8 Å². The number of fused-ring (bicyclic) bond motifs is 3. The average Bonchev–Trinajstić information content (AvgIpc) is 3.30. The molecule has 2 heterocycles. The second kappa shape index (κ2) is 10.8. The number of sulfonamides is 1. The smallest absolute Gasteiger partial charge is 0.240 e. The van der Waals surface area contributed by atoms with Crippen LogP contribution in [0.25, 0.3) is 16.6 Å². The Labute approximate surface area is 221 Å². The molecule has 4 aromatic rings. The zero-order valence-corrected chi connectivity index (χ0v) is 22.6. The van der Waals surface area contributed by atoms with Gasteiger partial charge in [-0.05, 0) is 68.1 Å². The maximum Gasteiger partial charge on any atom is 0.240 e. The Morgan fingerprint density at radius 3 is 2.54 bits per heavy atom. The van der Waals surface area contributed by atoms with E-state index in [2.05, 4.69) is 33.2 Å². The van der Waals surface area contributed by atoms with Crippen molar-refractivity contribution in [3.8, 4) is 0 Å². The lowest BCUT2D eigenvalue weighted by molar-refractivity contribution is -0.115. The number of aromatic nitrogens is 3. The third kappa shape index (κ3) is 5.51. The van der Waals surface area contributed by atoms with E-state index in [0.29, 0.717) is 17.3 Å². The zero-order valence-electron chi connectivity index (χ0n) is 21.0. The SMILES string of the molecule is CCC(Sc1nnc2cc(C)c3ccccc3n12)C(=O)Nc1ccc(S(=O)(=O)NC2CCCCC2)cc1. The highest BCUT2D eigenvalue weighted by Gasteiger charge is 2.24. The number of rotatable bonds is 8. The van der Waals surface area contributed by atoms with Crippen molar-refractivity contribution < 1.29 is 13.2 Å². The summed E-state index contributed by atoms with van der Waals surface area (Å²) < 4.78 is 30.3. The molecule has 2 aromatic carbocycles. The molecular formula is C27H31N5O3S2. The number of hydrogen-bond acceptors (Lipinski definition) is 6. The number of nitrogens with zero attached hydrogens (tertiary/aromatic N) is 3. The zero-order chi connectivity index (χ0) is 26.0. The quantitative estimate of drug-likeness (QED) is 0.295. The molecule has 1 saturated carbocycles. The minimum Gasteiger partial charge on any atom is -0.325 e. The molecule has 5 rings (SSSR count). The number of aryl methyl sites for hydroxylation is 1. The fraction of sp³-hybridized carbons (Fsp3) is 0.370. The van der Waals surface area contributed by atoms with Gasteiger partial charge in [0.15, 0.2) is 10.8 Å². The van der Waals surface area contributed by atoms with Crippen LogP contribution in [-0.4, -0.2) is 40.2 Å². The van der Waals surface area contributed by atoms with Gasteiger partial charge in [-0.1, -0.05) is 56.1 Å². The van der Waals surface area contributed by atoms with Gasteiger partial charge in [0, 0.05) is 17.1 Å². The van der Waals surface area contributed by atoms with Crippen LogP contribution in [0.15, 0.2) is 64.6 Å². The molecule has 1 unspecified atom stereocenters. The van der Waals surface area contributed by atoms with Crippen LogP contribution < -0.4 is 10.0 Å². The average molecular weight is 538 g/mol. The van der Waals surface area contributed by atoms with Gasteiger partial charge >= 0.3 is 0 Å². The van der Waals surface area contributed by atoms with Gasteiger partial charge in [0.2, 0.25) is 15.9 Å². The van der Waals surface area contributed by atoms with Crippen molar-refractivity contribution in [2.45, 2.75) is 73.7 Å². The molecule has 2 N–H and O–H groups in total. The number of nitrogens with one attached hydrogen (secondary N) is 2. The van der Waals surface area contributed by atoms with Crippen molar-refractivity contribution in [2.24, 2.45) is 0 Å². The van der Waals surface area contributed by atoms with E-state index in [4.69, 9.17) is 0 Å². The summed E-state index contributed by atoms with van der Waals surface area (Å²) in [5, 5.41) is 13.0. The minimum absolute atomic E-state index is 0.00487. The highest BCUT2D eigenvalue weighted by molar-refractivity contribution is 8.00. The van der Waals surface area contributed by atoms with Crippen LogP contribution in [0.2, 0.25) is 0 Å². The van der Waals surface area contributed by atoms with E-state index in [9.17, 15) is 13.2 Å². The highest BCUT2D eigenvalue weighted by atomic mass is 32.2. The van der Waals surface area contributed by atoms with Gasteiger partial charge in [-0.3, -0.25) is 9.20 Å². The Bertz CT molecular complexity index is 1530. The van der Waals surface area contributed by atoms with E-state index in [-0.39, 0.29) is 16.8 Å². The van der Waals surface area contributed by atoms with Gasteiger partial charge in [-0.25, -0.2) is 13.1 Å². The predicted octanol–water partition coefficient (Wildman–Crippen LogP) is 5.31. The van der Waals surface area contributed by atoms with Gasteiger partial charge < -0.3 is 5.32 Å². The van der Waals surface area contributed by atoms with Crippen molar-refractivity contribution >= 4 is 49.9 Å². The molecule has 194 valence electrons. The van der Waals surface area contributed by atoms with E-state index < -0.39 is 15.3 Å². The minimum atomic E-state index is -3.59. The number of hydrogen-bond donors (Lipinski definition) is 2. The molecule has 1 aliphatic carbocycles. The molecule has 1 aliphatic rings. The largest absolute Gasteiger partial charge is 0.325 e. The fourth-order valence-corrected chi connectivity index (χ4v) is 7.13. The molecule has 1 amide bonds. The van der Waals surface area contributed by atoms with Crippen LogP contribution in [0.4, 0.5) is 5.69 Å². The first-order chi connectivity index (χ1) is 17.9. The predicted molar refractivity (Wildman–Crippen MR) is 147 cm³/mol. The second-order valence-electron chi connectivity index (χ2n) is 9.51. The van der Waals surface area contributed by atoms with Gasteiger partial charge in [-0.2, -0.15) is 0 Å². The third-order valence-corrected chi connectivity index (χ3v) is 9.69. The van der Waals surface area contributed by atoms with Crippen LogP contribution in [0.1, 0.15) is 51.0 Å². The molecule has 0 saturated heterocycles. The van der Waals surface area contributed by atoms with Crippen molar-refractivity contribution in [3.63, 3.8) is 0 Å². The Morgan fingerprint density at radius 1 is 1.08 bits per heavy atom. The summed E-state index contributed by atoms with van der Waals surface area (Å²) in [6.07, 6.45) is 5.60. The monoisotopic (exact) mass is 537 g/mol. The van der Waals surface area contributed by atoms with Crippen LogP contribution in [0.3, 0.4) is 0 Å². The summed E-state index contributed by atoms with van der Waals surface area (Å²) in [7, 11) is -3.59. The molecule has 37 heavy (non-hydrogen) atoms. The van der Waals surface area contributed by atoms with Crippen LogP contribution in [0, 0.1) is 6.92 Å². The molecule has 0 spiro atoms. The Kier molecular flexibility index (Phi) is 7.50. The number of thioether (sulfide) groups is 1. The molecule has 1 atom stereocenters. The molecular weight excluding hydrogens is 506 g/mol. The summed E-state index contributed by atoms with van der Waals surface area (Å²) >= 11 is 1.37.